The molecular weight excluding hydrogens is 470 g/mol. The van der Waals surface area contributed by atoms with Crippen LogP contribution in [0.15, 0.2) is 34.3 Å². The van der Waals surface area contributed by atoms with Gasteiger partial charge in [0.15, 0.2) is 11.0 Å². The molecule has 1 atom stereocenters. The van der Waals surface area contributed by atoms with Crippen molar-refractivity contribution in [1.29, 1.82) is 0 Å². The molecule has 0 saturated carbocycles. The number of aromatic nitrogens is 3. The molecule has 8 nitrogen and oxygen atoms in total. The summed E-state index contributed by atoms with van der Waals surface area (Å²) in [6.07, 6.45) is 7.31. The summed E-state index contributed by atoms with van der Waals surface area (Å²) < 4.78 is 29.7. The minimum absolute atomic E-state index is 0.146. The summed E-state index contributed by atoms with van der Waals surface area (Å²) in [5, 5.41) is 9.40. The van der Waals surface area contributed by atoms with Crippen LogP contribution in [0, 0.1) is 0 Å². The van der Waals surface area contributed by atoms with Crippen molar-refractivity contribution in [3.05, 3.63) is 24.3 Å². The first-order valence-electron chi connectivity index (χ1n) is 12.4. The maximum Gasteiger partial charge on any atom is 0.243 e. The Morgan fingerprint density at radius 1 is 1.00 bits per heavy atom. The highest BCUT2D eigenvalue weighted by molar-refractivity contribution is 7.99. The van der Waals surface area contributed by atoms with Crippen LogP contribution in [0.3, 0.4) is 0 Å². The molecule has 1 amide bonds. The second-order valence-electron chi connectivity index (χ2n) is 9.11. The van der Waals surface area contributed by atoms with Crippen molar-refractivity contribution in [2.45, 2.75) is 81.4 Å². The molecule has 2 aliphatic rings. The van der Waals surface area contributed by atoms with E-state index < -0.39 is 10.0 Å². The van der Waals surface area contributed by atoms with Crippen LogP contribution >= 0.6 is 11.8 Å². The molecule has 34 heavy (non-hydrogen) atoms. The third-order valence-electron chi connectivity index (χ3n) is 6.80. The normalized spacial score (nSPS) is 20.3. The number of benzene rings is 1. The minimum atomic E-state index is -3.48. The van der Waals surface area contributed by atoms with Gasteiger partial charge in [-0.2, -0.15) is 4.31 Å². The molecule has 0 unspecified atom stereocenters. The Morgan fingerprint density at radius 2 is 1.68 bits per heavy atom. The Labute approximate surface area is 207 Å². The Kier molecular flexibility index (Phi) is 8.31. The third kappa shape index (κ3) is 5.49. The fourth-order valence-electron chi connectivity index (χ4n) is 4.78. The maximum absolute atomic E-state index is 13.1. The van der Waals surface area contributed by atoms with Gasteiger partial charge in [0.05, 0.1) is 10.6 Å². The lowest BCUT2D eigenvalue weighted by Crippen LogP contribution is -2.43. The zero-order valence-corrected chi connectivity index (χ0v) is 21.8. The molecule has 2 aromatic rings. The number of hydrogen-bond donors (Lipinski definition) is 0. The van der Waals surface area contributed by atoms with Crippen molar-refractivity contribution in [2.24, 2.45) is 0 Å². The van der Waals surface area contributed by atoms with Crippen LogP contribution in [0.25, 0.3) is 11.4 Å². The second kappa shape index (κ2) is 11.2. The molecule has 2 saturated heterocycles. The summed E-state index contributed by atoms with van der Waals surface area (Å²) in [7, 11) is -3.48. The van der Waals surface area contributed by atoms with E-state index >= 15 is 0 Å². The Morgan fingerprint density at radius 3 is 2.32 bits per heavy atom. The monoisotopic (exact) mass is 505 g/mol. The van der Waals surface area contributed by atoms with Gasteiger partial charge in [0, 0.05) is 37.8 Å². The van der Waals surface area contributed by atoms with Crippen LogP contribution in [-0.2, 0) is 21.4 Å². The summed E-state index contributed by atoms with van der Waals surface area (Å²) in [5.41, 5.74) is 0.812. The lowest BCUT2D eigenvalue weighted by atomic mass is 10.0. The van der Waals surface area contributed by atoms with Gasteiger partial charge in [-0.15, -0.1) is 10.2 Å². The number of rotatable bonds is 7. The molecular formula is C24H35N5O3S2. The summed E-state index contributed by atoms with van der Waals surface area (Å²) >= 11 is 1.41. The lowest BCUT2D eigenvalue weighted by molar-refractivity contribution is -0.131. The van der Waals surface area contributed by atoms with Gasteiger partial charge < -0.3 is 9.47 Å². The quantitative estimate of drug-likeness (QED) is 0.528. The molecule has 0 N–H and O–H groups in total. The highest BCUT2D eigenvalue weighted by Crippen LogP contribution is 2.27. The fourth-order valence-corrected chi connectivity index (χ4v) is 7.18. The van der Waals surface area contributed by atoms with Crippen LogP contribution in [0.5, 0.6) is 0 Å². The predicted molar refractivity (Wildman–Crippen MR) is 134 cm³/mol. The fraction of sp³-hybridized carbons (Fsp3) is 0.625. The second-order valence-corrected chi connectivity index (χ2v) is 12.0. The zero-order valence-electron chi connectivity index (χ0n) is 20.1. The zero-order chi connectivity index (χ0) is 24.1. The maximum atomic E-state index is 13.1. The van der Waals surface area contributed by atoms with Crippen LogP contribution in [0.1, 0.15) is 58.8 Å². The lowest BCUT2D eigenvalue weighted by Gasteiger charge is -2.33. The van der Waals surface area contributed by atoms with E-state index in [-0.39, 0.29) is 5.91 Å². The van der Waals surface area contributed by atoms with E-state index in [9.17, 15) is 13.2 Å². The van der Waals surface area contributed by atoms with E-state index in [1.165, 1.54) is 18.2 Å². The highest BCUT2D eigenvalue weighted by Gasteiger charge is 2.26. The average molecular weight is 506 g/mol. The summed E-state index contributed by atoms with van der Waals surface area (Å²) in [6.45, 7) is 6.80. The van der Waals surface area contributed by atoms with Crippen LogP contribution in [-0.4, -0.2) is 69.7 Å². The minimum Gasteiger partial charge on any atom is -0.339 e. The Balaban J connectivity index is 1.46. The van der Waals surface area contributed by atoms with Crippen LogP contribution < -0.4 is 0 Å². The van der Waals surface area contributed by atoms with Gasteiger partial charge in [-0.05, 0) is 70.2 Å². The molecule has 4 rings (SSSR count). The third-order valence-corrected chi connectivity index (χ3v) is 9.66. The predicted octanol–water partition coefficient (Wildman–Crippen LogP) is 4.02. The van der Waals surface area contributed by atoms with Gasteiger partial charge in [-0.1, -0.05) is 24.6 Å². The molecule has 2 fully saturated rings. The van der Waals surface area contributed by atoms with E-state index in [2.05, 4.69) is 17.1 Å². The smallest absolute Gasteiger partial charge is 0.243 e. The highest BCUT2D eigenvalue weighted by atomic mass is 32.2. The van der Waals surface area contributed by atoms with Gasteiger partial charge in [-0.3, -0.25) is 4.79 Å². The summed E-state index contributed by atoms with van der Waals surface area (Å²) in [6, 6.07) is 7.23. The number of likely N-dealkylation sites (tertiary alicyclic amines) is 1. The largest absolute Gasteiger partial charge is 0.339 e. The molecule has 0 radical (unpaired) electrons. The number of thioether (sulfide) groups is 1. The molecule has 186 valence electrons. The first-order chi connectivity index (χ1) is 16.4. The number of sulfonamides is 1. The van der Waals surface area contributed by atoms with E-state index in [0.717, 1.165) is 50.6 Å². The first-order valence-corrected chi connectivity index (χ1v) is 14.8. The van der Waals surface area contributed by atoms with Crippen molar-refractivity contribution >= 4 is 27.7 Å². The van der Waals surface area contributed by atoms with Gasteiger partial charge in [-0.25, -0.2) is 8.42 Å². The molecule has 0 bridgehead atoms. The van der Waals surface area contributed by atoms with Gasteiger partial charge in [0.25, 0.3) is 0 Å². The van der Waals surface area contributed by atoms with Crippen molar-refractivity contribution in [3.63, 3.8) is 0 Å². The number of amides is 1. The van der Waals surface area contributed by atoms with Crippen LogP contribution in [0.2, 0.25) is 0 Å². The molecule has 1 aromatic heterocycles. The van der Waals surface area contributed by atoms with Gasteiger partial charge >= 0.3 is 0 Å². The number of hydrogen-bond acceptors (Lipinski definition) is 6. The average Bonchev–Trinajstić information content (AvgIpc) is 3.05. The first kappa shape index (κ1) is 25.2. The van der Waals surface area contributed by atoms with E-state index in [4.69, 9.17) is 0 Å². The number of piperidine rings is 1. The Hall–Kier alpha value is -1.91. The van der Waals surface area contributed by atoms with E-state index in [0.29, 0.717) is 47.3 Å². The molecule has 0 spiro atoms. The van der Waals surface area contributed by atoms with E-state index in [1.54, 1.807) is 28.6 Å². The molecule has 1 aromatic carbocycles. The van der Waals surface area contributed by atoms with Crippen molar-refractivity contribution in [1.82, 2.24) is 24.0 Å². The topological polar surface area (TPSA) is 88.4 Å². The molecule has 3 heterocycles. The summed E-state index contributed by atoms with van der Waals surface area (Å²) in [5.74, 6) is 1.17. The number of nitrogens with zero attached hydrogens (tertiary/aromatic N) is 5. The molecule has 2 aliphatic heterocycles. The summed E-state index contributed by atoms with van der Waals surface area (Å²) in [4.78, 5) is 15.0. The SMILES string of the molecule is CCn1c(SCC(=O)N2CCCC[C@@H]2C)nnc1-c1ccc(S(=O)(=O)N2CCCCCC2)cc1. The van der Waals surface area contributed by atoms with Gasteiger partial charge in [0.1, 0.15) is 0 Å². The van der Waals surface area contributed by atoms with Crippen molar-refractivity contribution in [2.75, 3.05) is 25.4 Å². The van der Waals surface area contributed by atoms with Crippen molar-refractivity contribution < 1.29 is 13.2 Å². The molecule has 0 aliphatic carbocycles. The van der Waals surface area contributed by atoms with Crippen LogP contribution in [0.4, 0.5) is 0 Å². The van der Waals surface area contributed by atoms with Crippen molar-refractivity contribution in [3.8, 4) is 11.4 Å². The van der Waals surface area contributed by atoms with Gasteiger partial charge in [0.2, 0.25) is 15.9 Å². The standard InChI is InChI=1S/C24H35N5O3S2/c1-3-28-23(25-26-24(28)33-18-22(30)29-17-9-6-10-19(29)2)20-11-13-21(14-12-20)34(31,32)27-15-7-4-5-8-16-27/h11-14,19H,3-10,15-18H2,1-2H3/t19-/m0/s1. The molecule has 10 heteroatoms. The van der Waals surface area contributed by atoms with E-state index in [1.807, 2.05) is 16.4 Å². The number of carbonyl (C=O) groups is 1. The number of carbonyl (C=O) groups excluding carboxylic acids is 1. The Bertz CT molecular complexity index is 1080.